The van der Waals surface area contributed by atoms with Crippen LogP contribution in [0.25, 0.3) is 10.9 Å². The predicted octanol–water partition coefficient (Wildman–Crippen LogP) is 1.81. The minimum atomic E-state index is 0.162. The Labute approximate surface area is 141 Å². The van der Waals surface area contributed by atoms with Gasteiger partial charge in [-0.25, -0.2) is 9.97 Å². The SMILES string of the molecule is CN1C(Nc2ncc3ccccc3n2)=NCC12CN1CCC2CC1. The number of anilines is 1. The maximum Gasteiger partial charge on any atom is 0.230 e. The van der Waals surface area contributed by atoms with Crippen LogP contribution in [-0.2, 0) is 0 Å². The normalized spacial score (nSPS) is 31.7. The Morgan fingerprint density at radius 2 is 2.04 bits per heavy atom. The molecular formula is C18H22N6. The summed E-state index contributed by atoms with van der Waals surface area (Å²) in [6, 6.07) is 8.04. The molecule has 6 nitrogen and oxygen atoms in total. The predicted molar refractivity (Wildman–Crippen MR) is 95.1 cm³/mol. The zero-order valence-corrected chi connectivity index (χ0v) is 13.9. The van der Waals surface area contributed by atoms with E-state index in [2.05, 4.69) is 32.1 Å². The summed E-state index contributed by atoms with van der Waals surface area (Å²) in [6.07, 6.45) is 4.45. The molecule has 0 radical (unpaired) electrons. The fourth-order valence-electron chi connectivity index (χ4n) is 4.59. The number of piperidine rings is 3. The average Bonchev–Trinajstić information content (AvgIpc) is 2.92. The summed E-state index contributed by atoms with van der Waals surface area (Å²) in [4.78, 5) is 18.8. The molecule has 0 amide bonds. The van der Waals surface area contributed by atoms with Crippen molar-refractivity contribution in [3.05, 3.63) is 30.5 Å². The molecule has 1 aromatic carbocycles. The molecule has 24 heavy (non-hydrogen) atoms. The van der Waals surface area contributed by atoms with E-state index in [-0.39, 0.29) is 5.54 Å². The number of para-hydroxylation sites is 1. The summed E-state index contributed by atoms with van der Waals surface area (Å²) in [7, 11) is 2.17. The summed E-state index contributed by atoms with van der Waals surface area (Å²) in [5.41, 5.74) is 1.11. The smallest absolute Gasteiger partial charge is 0.230 e. The third-order valence-corrected chi connectivity index (χ3v) is 6.05. The zero-order valence-electron chi connectivity index (χ0n) is 13.9. The molecule has 1 spiro atoms. The number of fused-ring (bicyclic) bond motifs is 3. The number of hydrogen-bond acceptors (Lipinski definition) is 6. The molecule has 0 aliphatic carbocycles. The Morgan fingerprint density at radius 1 is 1.21 bits per heavy atom. The number of hydrogen-bond donors (Lipinski definition) is 1. The molecule has 3 saturated heterocycles. The van der Waals surface area contributed by atoms with Crippen molar-refractivity contribution in [2.45, 2.75) is 18.4 Å². The van der Waals surface area contributed by atoms with Gasteiger partial charge in [0.25, 0.3) is 0 Å². The Hall–Kier alpha value is -2.21. The summed E-state index contributed by atoms with van der Waals surface area (Å²) in [5.74, 6) is 2.27. The number of guanidine groups is 1. The van der Waals surface area contributed by atoms with Crippen molar-refractivity contribution in [1.82, 2.24) is 19.8 Å². The number of aliphatic imine (C=N–C) groups is 1. The highest BCUT2D eigenvalue weighted by Crippen LogP contribution is 2.41. The average molecular weight is 322 g/mol. The highest BCUT2D eigenvalue weighted by Gasteiger charge is 2.52. The van der Waals surface area contributed by atoms with Gasteiger partial charge in [0.1, 0.15) is 0 Å². The summed E-state index contributed by atoms with van der Waals surface area (Å²) >= 11 is 0. The van der Waals surface area contributed by atoms with E-state index in [0.29, 0.717) is 5.95 Å². The molecular weight excluding hydrogens is 300 g/mol. The highest BCUT2D eigenvalue weighted by atomic mass is 15.4. The first kappa shape index (κ1) is 14.2. The number of benzene rings is 1. The molecule has 1 aromatic heterocycles. The van der Waals surface area contributed by atoms with Gasteiger partial charge in [0.15, 0.2) is 0 Å². The van der Waals surface area contributed by atoms with E-state index in [1.165, 1.54) is 25.9 Å². The molecule has 3 fully saturated rings. The van der Waals surface area contributed by atoms with Gasteiger partial charge >= 0.3 is 0 Å². The minimum Gasteiger partial charge on any atom is -0.337 e. The van der Waals surface area contributed by atoms with E-state index in [9.17, 15) is 0 Å². The molecule has 124 valence electrons. The lowest BCUT2D eigenvalue weighted by molar-refractivity contribution is -0.0199. The van der Waals surface area contributed by atoms with Crippen LogP contribution < -0.4 is 5.32 Å². The molecule has 6 heteroatoms. The van der Waals surface area contributed by atoms with Gasteiger partial charge in [-0.1, -0.05) is 18.2 Å². The van der Waals surface area contributed by atoms with Gasteiger partial charge in [0.2, 0.25) is 11.9 Å². The number of nitrogens with zero attached hydrogens (tertiary/aromatic N) is 5. The third kappa shape index (κ3) is 2.02. The van der Waals surface area contributed by atoms with Gasteiger partial charge < -0.3 is 9.80 Å². The van der Waals surface area contributed by atoms with Crippen molar-refractivity contribution < 1.29 is 0 Å². The fraction of sp³-hybridized carbons (Fsp3) is 0.500. The Kier molecular flexibility index (Phi) is 3.03. The summed E-state index contributed by atoms with van der Waals surface area (Å²) in [6.45, 7) is 4.50. The van der Waals surface area contributed by atoms with Crippen LogP contribution in [0.15, 0.2) is 35.5 Å². The first-order valence-electron chi connectivity index (χ1n) is 8.74. The van der Waals surface area contributed by atoms with Crippen molar-refractivity contribution >= 4 is 22.8 Å². The topological polar surface area (TPSA) is 56.6 Å². The molecule has 4 aliphatic rings. The first-order chi connectivity index (χ1) is 11.7. The lowest BCUT2D eigenvalue weighted by atomic mass is 9.72. The van der Waals surface area contributed by atoms with Gasteiger partial charge in [0, 0.05) is 25.2 Å². The van der Waals surface area contributed by atoms with Crippen LogP contribution in [0.1, 0.15) is 12.8 Å². The van der Waals surface area contributed by atoms with Gasteiger partial charge in [-0.15, -0.1) is 0 Å². The molecule has 5 heterocycles. The van der Waals surface area contributed by atoms with E-state index < -0.39 is 0 Å². The van der Waals surface area contributed by atoms with E-state index in [0.717, 1.165) is 35.9 Å². The second-order valence-corrected chi connectivity index (χ2v) is 7.23. The van der Waals surface area contributed by atoms with Crippen LogP contribution in [0.2, 0.25) is 0 Å². The largest absolute Gasteiger partial charge is 0.337 e. The molecule has 1 N–H and O–H groups in total. The van der Waals surface area contributed by atoms with Crippen molar-refractivity contribution in [3.63, 3.8) is 0 Å². The van der Waals surface area contributed by atoms with Crippen molar-refractivity contribution in [2.24, 2.45) is 10.9 Å². The number of rotatable bonds is 1. The van der Waals surface area contributed by atoms with Gasteiger partial charge in [-0.05, 0) is 37.9 Å². The van der Waals surface area contributed by atoms with Gasteiger partial charge in [-0.2, -0.15) is 0 Å². The highest BCUT2D eigenvalue weighted by molar-refractivity contribution is 5.94. The molecule has 2 bridgehead atoms. The standard InChI is InChI=1S/C18H22N6/c1-23-17(20-11-18(23)12-24-8-6-14(18)7-9-24)22-16-19-10-13-4-2-3-5-15(13)21-16/h2-5,10,14H,6-9,11-12H2,1H3,(H,19,20,21,22). The van der Waals surface area contributed by atoms with E-state index in [1.54, 1.807) is 0 Å². The Morgan fingerprint density at radius 3 is 2.83 bits per heavy atom. The van der Waals surface area contributed by atoms with Crippen LogP contribution in [0.5, 0.6) is 0 Å². The van der Waals surface area contributed by atoms with Gasteiger partial charge in [-0.3, -0.25) is 10.3 Å². The van der Waals surface area contributed by atoms with Crippen molar-refractivity contribution in [2.75, 3.05) is 38.5 Å². The van der Waals surface area contributed by atoms with Crippen LogP contribution in [-0.4, -0.2) is 64.5 Å². The van der Waals surface area contributed by atoms with Crippen LogP contribution >= 0.6 is 0 Å². The number of likely N-dealkylation sites (N-methyl/N-ethyl adjacent to an activating group) is 1. The summed E-state index contributed by atoms with van der Waals surface area (Å²) in [5, 5.41) is 4.40. The molecule has 1 atom stereocenters. The second kappa shape index (κ2) is 5.14. The maximum atomic E-state index is 4.81. The quantitative estimate of drug-likeness (QED) is 0.868. The van der Waals surface area contributed by atoms with Crippen LogP contribution in [0.3, 0.4) is 0 Å². The van der Waals surface area contributed by atoms with Crippen LogP contribution in [0, 0.1) is 5.92 Å². The number of aromatic nitrogens is 2. The zero-order chi connectivity index (χ0) is 16.1. The minimum absolute atomic E-state index is 0.162. The maximum absolute atomic E-state index is 4.81. The van der Waals surface area contributed by atoms with E-state index in [1.807, 2.05) is 30.5 Å². The van der Waals surface area contributed by atoms with E-state index >= 15 is 0 Å². The fourth-order valence-corrected chi connectivity index (χ4v) is 4.59. The third-order valence-electron chi connectivity index (χ3n) is 6.05. The molecule has 2 aromatic rings. The molecule has 4 aliphatic heterocycles. The molecule has 0 saturated carbocycles. The van der Waals surface area contributed by atoms with E-state index in [4.69, 9.17) is 4.99 Å². The van der Waals surface area contributed by atoms with Crippen molar-refractivity contribution in [1.29, 1.82) is 0 Å². The number of nitrogens with one attached hydrogen (secondary N) is 1. The summed E-state index contributed by atoms with van der Waals surface area (Å²) < 4.78 is 0. The lowest BCUT2D eigenvalue weighted by Gasteiger charge is -2.54. The Balaban J connectivity index is 1.39. The lowest BCUT2D eigenvalue weighted by Crippen LogP contribution is -2.66. The van der Waals surface area contributed by atoms with Gasteiger partial charge in [0.05, 0.1) is 17.6 Å². The second-order valence-electron chi connectivity index (χ2n) is 7.23. The first-order valence-corrected chi connectivity index (χ1v) is 8.74. The monoisotopic (exact) mass is 322 g/mol. The molecule has 1 unspecified atom stereocenters. The molecule has 6 rings (SSSR count). The van der Waals surface area contributed by atoms with Crippen LogP contribution in [0.4, 0.5) is 5.95 Å². The Bertz CT molecular complexity index is 810. The van der Waals surface area contributed by atoms with Crippen molar-refractivity contribution in [3.8, 4) is 0 Å².